The van der Waals surface area contributed by atoms with Gasteiger partial charge in [-0.3, -0.25) is 4.79 Å². The van der Waals surface area contributed by atoms with Gasteiger partial charge in [-0.1, -0.05) is 51.1 Å². The lowest BCUT2D eigenvalue weighted by atomic mass is 9.94. The molecule has 0 saturated carbocycles. The van der Waals surface area contributed by atoms with Gasteiger partial charge < -0.3 is 14.8 Å². The van der Waals surface area contributed by atoms with Crippen LogP contribution in [0.1, 0.15) is 32.4 Å². The lowest BCUT2D eigenvalue weighted by Crippen LogP contribution is -2.39. The molecule has 0 spiro atoms. The number of carbonyl (C=O) groups excluding carboxylic acids is 3. The maximum Gasteiger partial charge on any atom is 0.331 e. The third-order valence-corrected chi connectivity index (χ3v) is 3.14. The Morgan fingerprint density at radius 1 is 1.08 bits per heavy atom. The summed E-state index contributed by atoms with van der Waals surface area (Å²) in [4.78, 5) is 34.8. The highest BCUT2D eigenvalue weighted by Crippen LogP contribution is 2.18. The molecule has 0 unspecified atom stereocenters. The predicted molar refractivity (Wildman–Crippen MR) is 88.9 cm³/mol. The van der Waals surface area contributed by atoms with Crippen molar-refractivity contribution in [1.29, 1.82) is 0 Å². The van der Waals surface area contributed by atoms with E-state index in [0.717, 1.165) is 17.7 Å². The molecule has 1 amide bonds. The minimum atomic E-state index is -0.689. The van der Waals surface area contributed by atoms with E-state index in [1.165, 1.54) is 7.11 Å². The first-order valence-corrected chi connectivity index (χ1v) is 7.52. The summed E-state index contributed by atoms with van der Waals surface area (Å²) in [5.74, 6) is -1.49. The Labute approximate surface area is 141 Å². The first kappa shape index (κ1) is 19.4. The molecule has 0 heterocycles. The molecule has 0 radical (unpaired) electrons. The topological polar surface area (TPSA) is 81.7 Å². The zero-order chi connectivity index (χ0) is 18.2. The smallest absolute Gasteiger partial charge is 0.331 e. The number of amides is 1. The van der Waals surface area contributed by atoms with E-state index < -0.39 is 23.4 Å². The minimum Gasteiger partial charge on any atom is -0.466 e. The molecule has 0 aliphatic rings. The Hall–Kier alpha value is -2.63. The number of methoxy groups -OCH3 is 1. The maximum absolute atomic E-state index is 12.2. The fraction of sp³-hybridized carbons (Fsp3) is 0.389. The number of rotatable bonds is 6. The van der Waals surface area contributed by atoms with E-state index in [-0.39, 0.29) is 12.5 Å². The van der Waals surface area contributed by atoms with Crippen LogP contribution >= 0.6 is 0 Å². The van der Waals surface area contributed by atoms with Crippen LogP contribution in [0.3, 0.4) is 0 Å². The standard InChI is InChI=1S/C18H23NO5/c1-18(2,3)17(22)19-14(13-8-6-5-7-9-13)12-24-16(21)11-10-15(20)23-4/h5-11,14H,12H2,1-4H3,(H,19,22)/b11-10+/t14-/m0/s1. The molecule has 0 fully saturated rings. The SMILES string of the molecule is COC(=O)/C=C/C(=O)OC[C@H](NC(=O)C(C)(C)C)c1ccccc1. The van der Waals surface area contributed by atoms with Gasteiger partial charge in [-0.2, -0.15) is 0 Å². The van der Waals surface area contributed by atoms with E-state index in [0.29, 0.717) is 0 Å². The highest BCUT2D eigenvalue weighted by Gasteiger charge is 2.25. The van der Waals surface area contributed by atoms with Crippen molar-refractivity contribution in [2.45, 2.75) is 26.8 Å². The Bertz CT molecular complexity index is 602. The number of hydrogen-bond donors (Lipinski definition) is 1. The Balaban J connectivity index is 2.76. The molecule has 6 heteroatoms. The molecule has 1 rings (SSSR count). The van der Waals surface area contributed by atoms with Gasteiger partial charge in [0, 0.05) is 17.6 Å². The van der Waals surface area contributed by atoms with Crippen LogP contribution in [-0.2, 0) is 23.9 Å². The molecule has 0 aliphatic heterocycles. The molecule has 0 saturated heterocycles. The van der Waals surface area contributed by atoms with Crippen molar-refractivity contribution in [1.82, 2.24) is 5.32 Å². The maximum atomic E-state index is 12.2. The van der Waals surface area contributed by atoms with Crippen LogP contribution in [0, 0.1) is 5.41 Å². The van der Waals surface area contributed by atoms with Crippen LogP contribution in [0.15, 0.2) is 42.5 Å². The van der Waals surface area contributed by atoms with Crippen LogP contribution in [-0.4, -0.2) is 31.6 Å². The van der Waals surface area contributed by atoms with Crippen LogP contribution in [0.25, 0.3) is 0 Å². The summed E-state index contributed by atoms with van der Waals surface area (Å²) in [7, 11) is 1.21. The van der Waals surface area contributed by atoms with E-state index >= 15 is 0 Å². The van der Waals surface area contributed by atoms with Crippen LogP contribution in [0.4, 0.5) is 0 Å². The van der Waals surface area contributed by atoms with Gasteiger partial charge in [0.05, 0.1) is 13.2 Å². The van der Waals surface area contributed by atoms with E-state index in [1.54, 1.807) is 20.8 Å². The quantitative estimate of drug-likeness (QED) is 0.637. The molecular weight excluding hydrogens is 310 g/mol. The van der Waals surface area contributed by atoms with Crippen molar-refractivity contribution in [3.05, 3.63) is 48.0 Å². The van der Waals surface area contributed by atoms with Crippen molar-refractivity contribution in [2.75, 3.05) is 13.7 Å². The summed E-state index contributed by atoms with van der Waals surface area (Å²) >= 11 is 0. The molecule has 0 bridgehead atoms. The first-order valence-electron chi connectivity index (χ1n) is 7.52. The molecule has 1 atom stereocenters. The van der Waals surface area contributed by atoms with E-state index in [1.807, 2.05) is 30.3 Å². The summed E-state index contributed by atoms with van der Waals surface area (Å²) in [6, 6.07) is 8.73. The Kier molecular flexibility index (Phi) is 7.17. The van der Waals surface area contributed by atoms with Crippen LogP contribution in [0.2, 0.25) is 0 Å². The van der Waals surface area contributed by atoms with Gasteiger partial charge in [-0.25, -0.2) is 9.59 Å². The molecule has 0 aromatic heterocycles. The summed E-state index contributed by atoms with van der Waals surface area (Å²) < 4.78 is 9.51. The molecule has 6 nitrogen and oxygen atoms in total. The largest absolute Gasteiger partial charge is 0.466 e. The molecule has 1 N–H and O–H groups in total. The lowest BCUT2D eigenvalue weighted by molar-refractivity contribution is -0.141. The fourth-order valence-corrected chi connectivity index (χ4v) is 1.70. The molecular formula is C18H23NO5. The third kappa shape index (κ3) is 6.64. The number of ether oxygens (including phenoxy) is 2. The molecule has 130 valence electrons. The zero-order valence-electron chi connectivity index (χ0n) is 14.4. The average molecular weight is 333 g/mol. The van der Waals surface area contributed by atoms with Crippen molar-refractivity contribution in [3.8, 4) is 0 Å². The minimum absolute atomic E-state index is 0.0455. The molecule has 1 aromatic carbocycles. The second kappa shape index (κ2) is 8.86. The van der Waals surface area contributed by atoms with E-state index in [4.69, 9.17) is 4.74 Å². The summed E-state index contributed by atoms with van der Waals surface area (Å²) in [5.41, 5.74) is 0.252. The number of nitrogens with one attached hydrogen (secondary N) is 1. The van der Waals surface area contributed by atoms with E-state index in [9.17, 15) is 14.4 Å². The highest BCUT2D eigenvalue weighted by atomic mass is 16.5. The number of hydrogen-bond acceptors (Lipinski definition) is 5. The van der Waals surface area contributed by atoms with Gasteiger partial charge in [0.1, 0.15) is 6.61 Å². The summed E-state index contributed by atoms with van der Waals surface area (Å²) in [6.45, 7) is 5.36. The lowest BCUT2D eigenvalue weighted by Gasteiger charge is -2.24. The van der Waals surface area contributed by atoms with Crippen LogP contribution < -0.4 is 5.32 Å². The third-order valence-electron chi connectivity index (χ3n) is 3.14. The van der Waals surface area contributed by atoms with Crippen molar-refractivity contribution < 1.29 is 23.9 Å². The average Bonchev–Trinajstić information content (AvgIpc) is 2.55. The van der Waals surface area contributed by atoms with Gasteiger partial charge in [0.25, 0.3) is 0 Å². The summed E-state index contributed by atoms with van der Waals surface area (Å²) in [6.07, 6.45) is 1.97. The monoisotopic (exact) mass is 333 g/mol. The van der Waals surface area contributed by atoms with Gasteiger partial charge in [-0.05, 0) is 5.56 Å². The van der Waals surface area contributed by atoms with Gasteiger partial charge in [0.2, 0.25) is 5.91 Å². The highest BCUT2D eigenvalue weighted by molar-refractivity contribution is 5.91. The molecule has 0 aliphatic carbocycles. The van der Waals surface area contributed by atoms with Crippen molar-refractivity contribution in [3.63, 3.8) is 0 Å². The number of carbonyl (C=O) groups is 3. The van der Waals surface area contributed by atoms with Gasteiger partial charge in [-0.15, -0.1) is 0 Å². The number of benzene rings is 1. The van der Waals surface area contributed by atoms with Crippen LogP contribution in [0.5, 0.6) is 0 Å². The number of esters is 2. The normalized spacial score (nSPS) is 12.5. The second-order valence-corrected chi connectivity index (χ2v) is 6.17. The predicted octanol–water partition coefficient (Wildman–Crippen LogP) is 2.16. The van der Waals surface area contributed by atoms with Crippen molar-refractivity contribution >= 4 is 17.8 Å². The van der Waals surface area contributed by atoms with Gasteiger partial charge in [0.15, 0.2) is 0 Å². The Morgan fingerprint density at radius 3 is 2.21 bits per heavy atom. The summed E-state index contributed by atoms with van der Waals surface area (Å²) in [5, 5.41) is 2.87. The second-order valence-electron chi connectivity index (χ2n) is 6.17. The molecule has 1 aromatic rings. The Morgan fingerprint density at radius 2 is 1.67 bits per heavy atom. The zero-order valence-corrected chi connectivity index (χ0v) is 14.4. The molecule has 24 heavy (non-hydrogen) atoms. The first-order chi connectivity index (χ1) is 11.2. The van der Waals surface area contributed by atoms with Crippen molar-refractivity contribution in [2.24, 2.45) is 5.41 Å². The van der Waals surface area contributed by atoms with Gasteiger partial charge >= 0.3 is 11.9 Å². The van der Waals surface area contributed by atoms with E-state index in [2.05, 4.69) is 10.1 Å². The fourth-order valence-electron chi connectivity index (χ4n) is 1.70.